The van der Waals surface area contributed by atoms with E-state index in [-0.39, 0.29) is 17.5 Å². The van der Waals surface area contributed by atoms with Gasteiger partial charge in [-0.25, -0.2) is 10.4 Å². The fourth-order valence-electron chi connectivity index (χ4n) is 2.22. The molecule has 0 fully saturated rings. The molecule has 1 aromatic carbocycles. The third kappa shape index (κ3) is 5.74. The number of nitrogens with zero attached hydrogens (tertiary/aromatic N) is 3. The summed E-state index contributed by atoms with van der Waals surface area (Å²) < 4.78 is 17.0. The molecule has 0 aliphatic carbocycles. The van der Waals surface area contributed by atoms with E-state index >= 15 is 0 Å². The maximum Gasteiger partial charge on any atom is 0.252 e. The average molecular weight is 370 g/mol. The number of hydrogen-bond donors (Lipinski definition) is 1. The first-order valence-electron chi connectivity index (χ1n) is 9.18. The minimum Gasteiger partial charge on any atom is -0.490 e. The van der Waals surface area contributed by atoms with E-state index in [0.717, 1.165) is 24.2 Å². The molecule has 0 radical (unpaired) electrons. The number of benzene rings is 1. The molecule has 1 N–H and O–H groups in total. The van der Waals surface area contributed by atoms with Crippen LogP contribution < -0.4 is 14.9 Å². The standard InChI is InChI=1S/C20H26N4O3/c1-5-7-10-26-17-9-8-15(11-18(17)25-6-2)13-22-24-20-16(12-21)23-19(27-20)14(3)4/h8-9,11,13-14,24H,5-7,10H2,1-4H3/b22-13+. The number of anilines is 1. The minimum atomic E-state index is 0.0885. The van der Waals surface area contributed by atoms with Gasteiger partial charge >= 0.3 is 0 Å². The first-order valence-corrected chi connectivity index (χ1v) is 9.18. The zero-order valence-electron chi connectivity index (χ0n) is 16.3. The predicted molar refractivity (Wildman–Crippen MR) is 105 cm³/mol. The summed E-state index contributed by atoms with van der Waals surface area (Å²) in [6.07, 6.45) is 3.69. The molecule has 1 heterocycles. The summed E-state index contributed by atoms with van der Waals surface area (Å²) in [5.74, 6) is 2.22. The highest BCUT2D eigenvalue weighted by Gasteiger charge is 2.14. The lowest BCUT2D eigenvalue weighted by atomic mass is 10.2. The monoisotopic (exact) mass is 370 g/mol. The number of ether oxygens (including phenoxy) is 2. The second-order valence-electron chi connectivity index (χ2n) is 6.21. The van der Waals surface area contributed by atoms with E-state index in [1.807, 2.05) is 45.0 Å². The quantitative estimate of drug-likeness (QED) is 0.370. The Hall–Kier alpha value is -3.01. The van der Waals surface area contributed by atoms with Crippen LogP contribution in [0.3, 0.4) is 0 Å². The molecule has 0 unspecified atom stereocenters. The average Bonchev–Trinajstić information content (AvgIpc) is 3.07. The lowest BCUT2D eigenvalue weighted by molar-refractivity contribution is 0.272. The summed E-state index contributed by atoms with van der Waals surface area (Å²) in [6, 6.07) is 7.62. The SMILES string of the molecule is CCCCOc1ccc(/C=N/Nc2oc(C(C)C)nc2C#N)cc1OCC. The molecule has 1 aromatic heterocycles. The first kappa shape index (κ1) is 20.3. The number of nitrogens with one attached hydrogen (secondary N) is 1. The smallest absolute Gasteiger partial charge is 0.252 e. The fraction of sp³-hybridized carbons (Fsp3) is 0.450. The molecule has 0 atom stereocenters. The largest absolute Gasteiger partial charge is 0.490 e. The van der Waals surface area contributed by atoms with Gasteiger partial charge in [0.1, 0.15) is 6.07 Å². The Morgan fingerprint density at radius 1 is 1.30 bits per heavy atom. The van der Waals surface area contributed by atoms with Crippen LogP contribution in [0.5, 0.6) is 11.5 Å². The topological polar surface area (TPSA) is 92.7 Å². The van der Waals surface area contributed by atoms with E-state index in [2.05, 4.69) is 22.4 Å². The van der Waals surface area contributed by atoms with Crippen LogP contribution in [0.15, 0.2) is 27.7 Å². The van der Waals surface area contributed by atoms with Crippen LogP contribution >= 0.6 is 0 Å². The Labute approximate surface area is 160 Å². The molecule has 7 heteroatoms. The third-order valence-corrected chi connectivity index (χ3v) is 3.65. The molecule has 0 spiro atoms. The normalized spacial score (nSPS) is 11.0. The van der Waals surface area contributed by atoms with Crippen LogP contribution in [0.2, 0.25) is 0 Å². The van der Waals surface area contributed by atoms with Crippen LogP contribution in [0.25, 0.3) is 0 Å². The van der Waals surface area contributed by atoms with E-state index in [1.54, 1.807) is 6.21 Å². The second kappa shape index (κ2) is 10.2. The van der Waals surface area contributed by atoms with Crippen LogP contribution in [0.1, 0.15) is 63.6 Å². The van der Waals surface area contributed by atoms with Crippen molar-refractivity contribution in [3.63, 3.8) is 0 Å². The molecule has 0 amide bonds. The van der Waals surface area contributed by atoms with Crippen molar-refractivity contribution < 1.29 is 13.9 Å². The highest BCUT2D eigenvalue weighted by molar-refractivity contribution is 5.81. The van der Waals surface area contributed by atoms with Crippen LogP contribution in [-0.4, -0.2) is 24.4 Å². The van der Waals surface area contributed by atoms with E-state index in [4.69, 9.17) is 19.2 Å². The van der Waals surface area contributed by atoms with E-state index in [1.165, 1.54) is 0 Å². The molecule has 0 bridgehead atoms. The van der Waals surface area contributed by atoms with Crippen molar-refractivity contribution in [1.29, 1.82) is 5.26 Å². The van der Waals surface area contributed by atoms with E-state index in [0.29, 0.717) is 24.9 Å². The molecule has 2 aromatic rings. The summed E-state index contributed by atoms with van der Waals surface area (Å²) >= 11 is 0. The number of rotatable bonds is 10. The van der Waals surface area contributed by atoms with Crippen molar-refractivity contribution in [1.82, 2.24) is 4.98 Å². The zero-order chi connectivity index (χ0) is 19.6. The molecule has 2 rings (SSSR count). The first-order chi connectivity index (χ1) is 13.1. The molecule has 27 heavy (non-hydrogen) atoms. The van der Waals surface area contributed by atoms with Gasteiger partial charge in [-0.3, -0.25) is 0 Å². The fourth-order valence-corrected chi connectivity index (χ4v) is 2.22. The minimum absolute atomic E-state index is 0.0885. The van der Waals surface area contributed by atoms with Gasteiger partial charge in [-0.2, -0.15) is 10.4 Å². The maximum atomic E-state index is 9.15. The Morgan fingerprint density at radius 3 is 2.78 bits per heavy atom. The summed E-state index contributed by atoms with van der Waals surface area (Å²) in [7, 11) is 0. The zero-order valence-corrected chi connectivity index (χ0v) is 16.3. The predicted octanol–water partition coefficient (Wildman–Crippen LogP) is 4.69. The van der Waals surface area contributed by atoms with Gasteiger partial charge in [-0.15, -0.1) is 0 Å². The highest BCUT2D eigenvalue weighted by Crippen LogP contribution is 2.28. The Morgan fingerprint density at radius 2 is 2.11 bits per heavy atom. The van der Waals surface area contributed by atoms with Gasteiger partial charge in [-0.05, 0) is 37.1 Å². The summed E-state index contributed by atoms with van der Waals surface area (Å²) in [5, 5.41) is 13.3. The number of unbranched alkanes of at least 4 members (excludes halogenated alkanes) is 1. The van der Waals surface area contributed by atoms with Gasteiger partial charge in [0.2, 0.25) is 11.6 Å². The number of hydrogen-bond acceptors (Lipinski definition) is 7. The van der Waals surface area contributed by atoms with Gasteiger partial charge in [0.05, 0.1) is 19.4 Å². The Kier molecular flexibility index (Phi) is 7.68. The van der Waals surface area contributed by atoms with Crippen molar-refractivity contribution in [2.45, 2.75) is 46.5 Å². The van der Waals surface area contributed by atoms with Crippen molar-refractivity contribution in [2.75, 3.05) is 18.6 Å². The molecule has 144 valence electrons. The molecule has 0 aliphatic rings. The molecule has 0 aliphatic heterocycles. The molecule has 0 saturated carbocycles. The Bertz CT molecular complexity index is 806. The van der Waals surface area contributed by atoms with Crippen molar-refractivity contribution in [3.05, 3.63) is 35.3 Å². The van der Waals surface area contributed by atoms with Gasteiger partial charge in [0.15, 0.2) is 11.5 Å². The summed E-state index contributed by atoms with van der Waals surface area (Å²) in [6.45, 7) is 9.14. The second-order valence-corrected chi connectivity index (χ2v) is 6.21. The molecular weight excluding hydrogens is 344 g/mol. The van der Waals surface area contributed by atoms with Gasteiger partial charge < -0.3 is 13.9 Å². The van der Waals surface area contributed by atoms with E-state index in [9.17, 15) is 0 Å². The number of hydrazone groups is 1. The number of aromatic nitrogens is 1. The summed E-state index contributed by atoms with van der Waals surface area (Å²) in [4.78, 5) is 4.14. The van der Waals surface area contributed by atoms with E-state index < -0.39 is 0 Å². The van der Waals surface area contributed by atoms with Gasteiger partial charge in [-0.1, -0.05) is 27.2 Å². The number of oxazole rings is 1. The number of nitriles is 1. The van der Waals surface area contributed by atoms with Crippen molar-refractivity contribution in [2.24, 2.45) is 5.10 Å². The molecule has 7 nitrogen and oxygen atoms in total. The van der Waals surface area contributed by atoms with Crippen molar-refractivity contribution >= 4 is 12.1 Å². The van der Waals surface area contributed by atoms with Crippen molar-refractivity contribution in [3.8, 4) is 17.6 Å². The van der Waals surface area contributed by atoms with Crippen LogP contribution in [0.4, 0.5) is 5.88 Å². The lowest BCUT2D eigenvalue weighted by Gasteiger charge is -2.12. The maximum absolute atomic E-state index is 9.15. The highest BCUT2D eigenvalue weighted by atomic mass is 16.5. The van der Waals surface area contributed by atoms with Crippen LogP contribution in [0, 0.1) is 11.3 Å². The van der Waals surface area contributed by atoms with Gasteiger partial charge in [0, 0.05) is 5.92 Å². The Balaban J connectivity index is 2.10. The summed E-state index contributed by atoms with van der Waals surface area (Å²) in [5.41, 5.74) is 3.76. The lowest BCUT2D eigenvalue weighted by Crippen LogP contribution is -2.01. The molecule has 0 saturated heterocycles. The third-order valence-electron chi connectivity index (χ3n) is 3.65. The van der Waals surface area contributed by atoms with Gasteiger partial charge in [0.25, 0.3) is 5.88 Å². The van der Waals surface area contributed by atoms with Crippen LogP contribution in [-0.2, 0) is 0 Å². The molecular formula is C20H26N4O3.